The summed E-state index contributed by atoms with van der Waals surface area (Å²) >= 11 is 0. The zero-order chi connectivity index (χ0) is 18.3. The summed E-state index contributed by atoms with van der Waals surface area (Å²) in [4.78, 5) is 0. The van der Waals surface area contributed by atoms with E-state index in [-0.39, 0.29) is 30.7 Å². The molecule has 3 aliphatic heterocycles. The van der Waals surface area contributed by atoms with E-state index in [9.17, 15) is 0 Å². The Kier molecular flexibility index (Phi) is 5.24. The summed E-state index contributed by atoms with van der Waals surface area (Å²) in [5.41, 5.74) is 0. The third-order valence-corrected chi connectivity index (χ3v) is 6.88. The van der Waals surface area contributed by atoms with Gasteiger partial charge in [0.05, 0.1) is 6.61 Å². The molecule has 3 saturated heterocycles. The lowest BCUT2D eigenvalue weighted by atomic mass is 9.94. The van der Waals surface area contributed by atoms with Crippen LogP contribution in [0.4, 0.5) is 0 Å². The highest BCUT2D eigenvalue weighted by atomic mass is 16.9. The molecule has 0 aromatic rings. The van der Waals surface area contributed by atoms with Crippen LogP contribution in [0.5, 0.6) is 0 Å². The molecule has 6 nitrogen and oxygen atoms in total. The van der Waals surface area contributed by atoms with E-state index >= 15 is 0 Å². The van der Waals surface area contributed by atoms with Crippen molar-refractivity contribution in [2.75, 3.05) is 13.2 Å². The molecule has 5 atom stereocenters. The summed E-state index contributed by atoms with van der Waals surface area (Å²) in [5, 5.41) is 0. The van der Waals surface area contributed by atoms with Gasteiger partial charge in [0.1, 0.15) is 24.4 Å². The largest absolute Gasteiger partial charge is 0.372 e. The molecule has 5 fully saturated rings. The topological polar surface area (TPSA) is 55.4 Å². The molecule has 0 aromatic carbocycles. The van der Waals surface area contributed by atoms with Gasteiger partial charge in [0, 0.05) is 32.3 Å². The number of fused-ring (bicyclic) bond motifs is 1. The summed E-state index contributed by atoms with van der Waals surface area (Å²) in [7, 11) is 0. The smallest absolute Gasteiger partial charge is 0.190 e. The summed E-state index contributed by atoms with van der Waals surface area (Å²) in [6.07, 6.45) is 11.1. The second kappa shape index (κ2) is 7.54. The van der Waals surface area contributed by atoms with Crippen LogP contribution in [-0.4, -0.2) is 55.5 Å². The van der Waals surface area contributed by atoms with Crippen LogP contribution in [0.15, 0.2) is 0 Å². The van der Waals surface area contributed by atoms with Gasteiger partial charge in [0.25, 0.3) is 0 Å². The molecule has 3 heterocycles. The number of hydrogen-bond acceptors (Lipinski definition) is 6. The van der Waals surface area contributed by atoms with Gasteiger partial charge in [0.2, 0.25) is 0 Å². The fraction of sp³-hybridized carbons (Fsp3) is 1.00. The van der Waals surface area contributed by atoms with Crippen molar-refractivity contribution in [3.63, 3.8) is 0 Å². The molecule has 5 rings (SSSR count). The molecule has 5 aliphatic rings. The van der Waals surface area contributed by atoms with Crippen LogP contribution in [0.3, 0.4) is 0 Å². The number of hydrogen-bond donors (Lipinski definition) is 0. The minimum absolute atomic E-state index is 0.106. The van der Waals surface area contributed by atoms with Crippen LogP contribution in [0, 0.1) is 0 Å². The molecule has 2 spiro atoms. The Bertz CT molecular complexity index is 513. The van der Waals surface area contributed by atoms with Crippen molar-refractivity contribution in [3.8, 4) is 0 Å². The first-order valence-electron chi connectivity index (χ1n) is 11.2. The Balaban J connectivity index is 1.29. The van der Waals surface area contributed by atoms with E-state index in [1.54, 1.807) is 0 Å². The molecule has 0 amide bonds. The van der Waals surface area contributed by atoms with Crippen molar-refractivity contribution >= 4 is 0 Å². The summed E-state index contributed by atoms with van der Waals surface area (Å²) in [6, 6.07) is 0. The highest BCUT2D eigenvalue weighted by Crippen LogP contribution is 2.48. The van der Waals surface area contributed by atoms with Crippen molar-refractivity contribution in [3.05, 3.63) is 0 Å². The SMILES string of the molecule is CCCO[C@H]1[C@H]([C@@H]2COC3(CCCCC3)O2)O[C@H]2OC3(CCCCC3)O[C@@H]21. The van der Waals surface area contributed by atoms with Gasteiger partial charge in [-0.1, -0.05) is 19.8 Å². The molecule has 0 unspecified atom stereocenters. The van der Waals surface area contributed by atoms with Crippen molar-refractivity contribution < 1.29 is 28.4 Å². The van der Waals surface area contributed by atoms with Gasteiger partial charge in [0.15, 0.2) is 17.9 Å². The van der Waals surface area contributed by atoms with Crippen LogP contribution < -0.4 is 0 Å². The maximum atomic E-state index is 6.48. The van der Waals surface area contributed by atoms with Gasteiger partial charge >= 0.3 is 0 Å². The van der Waals surface area contributed by atoms with E-state index in [0.29, 0.717) is 13.2 Å². The fourth-order valence-corrected chi connectivity index (χ4v) is 5.52. The summed E-state index contributed by atoms with van der Waals surface area (Å²) in [5.74, 6) is -0.852. The fourth-order valence-electron chi connectivity index (χ4n) is 5.52. The predicted molar refractivity (Wildman–Crippen MR) is 97.1 cm³/mol. The van der Waals surface area contributed by atoms with Gasteiger partial charge in [-0.3, -0.25) is 0 Å². The lowest BCUT2D eigenvalue weighted by Gasteiger charge is -2.35. The molecular formula is C21H34O6. The average molecular weight is 382 g/mol. The Hall–Kier alpha value is -0.240. The first-order chi connectivity index (χ1) is 13.2. The van der Waals surface area contributed by atoms with Gasteiger partial charge in [-0.2, -0.15) is 0 Å². The first-order valence-corrected chi connectivity index (χ1v) is 11.2. The van der Waals surface area contributed by atoms with E-state index in [0.717, 1.165) is 44.9 Å². The molecule has 2 aliphatic carbocycles. The number of ether oxygens (including phenoxy) is 6. The molecule has 2 saturated carbocycles. The molecular weight excluding hydrogens is 348 g/mol. The van der Waals surface area contributed by atoms with Crippen LogP contribution in [0.2, 0.25) is 0 Å². The molecule has 0 radical (unpaired) electrons. The first kappa shape index (κ1) is 18.8. The average Bonchev–Trinajstić information content (AvgIpc) is 3.33. The monoisotopic (exact) mass is 382 g/mol. The van der Waals surface area contributed by atoms with E-state index < -0.39 is 11.6 Å². The second-order valence-corrected chi connectivity index (χ2v) is 8.91. The molecule has 0 bridgehead atoms. The van der Waals surface area contributed by atoms with Crippen molar-refractivity contribution in [2.24, 2.45) is 0 Å². The third kappa shape index (κ3) is 3.47. The molecule has 154 valence electrons. The Morgan fingerprint density at radius 3 is 2.22 bits per heavy atom. The van der Waals surface area contributed by atoms with Crippen molar-refractivity contribution in [2.45, 2.75) is 120 Å². The Morgan fingerprint density at radius 2 is 1.52 bits per heavy atom. The van der Waals surface area contributed by atoms with Gasteiger partial charge in [-0.05, 0) is 32.1 Å². The van der Waals surface area contributed by atoms with Crippen LogP contribution in [0.1, 0.15) is 77.6 Å². The van der Waals surface area contributed by atoms with Crippen LogP contribution in [-0.2, 0) is 28.4 Å². The zero-order valence-corrected chi connectivity index (χ0v) is 16.5. The maximum Gasteiger partial charge on any atom is 0.190 e. The lowest BCUT2D eigenvalue weighted by Crippen LogP contribution is -2.46. The van der Waals surface area contributed by atoms with E-state index in [1.807, 2.05) is 0 Å². The van der Waals surface area contributed by atoms with Gasteiger partial charge < -0.3 is 28.4 Å². The lowest BCUT2D eigenvalue weighted by molar-refractivity contribution is -0.262. The minimum Gasteiger partial charge on any atom is -0.372 e. The molecule has 0 N–H and O–H groups in total. The highest BCUT2D eigenvalue weighted by molar-refractivity contribution is 5.01. The normalized spacial score (nSPS) is 42.8. The van der Waals surface area contributed by atoms with Crippen molar-refractivity contribution in [1.82, 2.24) is 0 Å². The molecule has 0 aromatic heterocycles. The Labute approximate surface area is 162 Å². The van der Waals surface area contributed by atoms with Crippen molar-refractivity contribution in [1.29, 1.82) is 0 Å². The standard InChI is InChI=1S/C21H34O6/c1-2-13-22-17-16(15-14-23-20(25-15)9-5-3-6-10-20)24-19-18(17)26-21(27-19)11-7-4-8-12-21/h15-19H,2-14H2,1H3/t15-,16-,17-,18+,19-/m0/s1. The maximum absolute atomic E-state index is 6.48. The van der Waals surface area contributed by atoms with E-state index in [1.165, 1.54) is 25.7 Å². The van der Waals surface area contributed by atoms with Gasteiger partial charge in [-0.15, -0.1) is 0 Å². The molecule has 27 heavy (non-hydrogen) atoms. The number of rotatable bonds is 4. The van der Waals surface area contributed by atoms with Gasteiger partial charge in [-0.25, -0.2) is 0 Å². The van der Waals surface area contributed by atoms with E-state index in [2.05, 4.69) is 6.92 Å². The predicted octanol–water partition coefficient (Wildman–Crippen LogP) is 3.66. The minimum atomic E-state index is -0.454. The Morgan fingerprint density at radius 1 is 0.815 bits per heavy atom. The van der Waals surface area contributed by atoms with E-state index in [4.69, 9.17) is 28.4 Å². The second-order valence-electron chi connectivity index (χ2n) is 8.91. The summed E-state index contributed by atoms with van der Waals surface area (Å²) in [6.45, 7) is 3.40. The third-order valence-electron chi connectivity index (χ3n) is 6.88. The highest BCUT2D eigenvalue weighted by Gasteiger charge is 2.61. The van der Waals surface area contributed by atoms with Crippen LogP contribution >= 0.6 is 0 Å². The summed E-state index contributed by atoms with van der Waals surface area (Å²) < 4.78 is 38.0. The zero-order valence-electron chi connectivity index (χ0n) is 16.5. The van der Waals surface area contributed by atoms with Crippen LogP contribution in [0.25, 0.3) is 0 Å². The molecule has 6 heteroatoms. The quantitative estimate of drug-likeness (QED) is 0.740.